The van der Waals surface area contributed by atoms with Crippen LogP contribution in [0.4, 0.5) is 0 Å². The second-order valence-corrected chi connectivity index (χ2v) is 8.00. The first-order valence-corrected chi connectivity index (χ1v) is 10.0. The summed E-state index contributed by atoms with van der Waals surface area (Å²) in [5, 5.41) is 7.04. The monoisotopic (exact) mass is 369 g/mol. The minimum absolute atomic E-state index is 0.0914. The van der Waals surface area contributed by atoms with E-state index >= 15 is 0 Å². The fourth-order valence-electron chi connectivity index (χ4n) is 3.68. The molecule has 2 aliphatic heterocycles. The van der Waals surface area contributed by atoms with Crippen LogP contribution in [0.3, 0.4) is 0 Å². The first-order valence-electron chi connectivity index (χ1n) is 10.0. The van der Waals surface area contributed by atoms with Gasteiger partial charge in [0.2, 0.25) is 0 Å². The summed E-state index contributed by atoms with van der Waals surface area (Å²) in [6, 6.07) is 0. The van der Waals surface area contributed by atoms with Gasteiger partial charge in [-0.15, -0.1) is 0 Å². The van der Waals surface area contributed by atoms with Crippen molar-refractivity contribution in [2.24, 2.45) is 10.9 Å². The molecular formula is C19H39N5O2. The summed E-state index contributed by atoms with van der Waals surface area (Å²) in [7, 11) is 3.63. The lowest BCUT2D eigenvalue weighted by molar-refractivity contribution is -0.00834. The number of guanidine groups is 1. The molecule has 2 N–H and O–H groups in total. The Hall–Kier alpha value is -0.890. The van der Waals surface area contributed by atoms with Crippen LogP contribution in [0.5, 0.6) is 0 Å². The predicted molar refractivity (Wildman–Crippen MR) is 107 cm³/mol. The topological polar surface area (TPSA) is 61.4 Å². The lowest BCUT2D eigenvalue weighted by atomic mass is 9.97. The van der Waals surface area contributed by atoms with E-state index in [4.69, 9.17) is 9.47 Å². The van der Waals surface area contributed by atoms with Crippen LogP contribution in [0.15, 0.2) is 4.99 Å². The fraction of sp³-hybridized carbons (Fsp3) is 0.947. The summed E-state index contributed by atoms with van der Waals surface area (Å²) in [6.45, 7) is 14.3. The standard InChI is InChI=1S/C19H39N5O2/c1-19(2,24-10-13-26-14-11-24)16-22-18(20-3)21-15-17-5-7-23(8-6-17)9-12-25-4/h17H,5-16H2,1-4H3,(H2,20,21,22). The van der Waals surface area contributed by atoms with Gasteiger partial charge in [-0.3, -0.25) is 9.89 Å². The minimum atomic E-state index is 0.0914. The van der Waals surface area contributed by atoms with Crippen molar-refractivity contribution in [1.82, 2.24) is 20.4 Å². The summed E-state index contributed by atoms with van der Waals surface area (Å²) >= 11 is 0. The molecule has 0 atom stereocenters. The Balaban J connectivity index is 1.66. The zero-order chi connectivity index (χ0) is 18.8. The van der Waals surface area contributed by atoms with Crippen molar-refractivity contribution in [2.75, 3.05) is 79.8 Å². The highest BCUT2D eigenvalue weighted by Crippen LogP contribution is 2.16. The van der Waals surface area contributed by atoms with Crippen molar-refractivity contribution in [1.29, 1.82) is 0 Å². The lowest BCUT2D eigenvalue weighted by Crippen LogP contribution is -2.56. The van der Waals surface area contributed by atoms with Gasteiger partial charge >= 0.3 is 0 Å². The molecule has 7 heteroatoms. The molecule has 2 rings (SSSR count). The van der Waals surface area contributed by atoms with Crippen LogP contribution in [0.25, 0.3) is 0 Å². The van der Waals surface area contributed by atoms with Gasteiger partial charge in [-0.05, 0) is 45.7 Å². The normalized spacial score (nSPS) is 21.8. The number of methoxy groups -OCH3 is 1. The maximum Gasteiger partial charge on any atom is 0.191 e. The SMILES string of the molecule is CN=C(NCC1CCN(CCOC)CC1)NCC(C)(C)N1CCOCC1. The molecule has 0 bridgehead atoms. The highest BCUT2D eigenvalue weighted by Gasteiger charge is 2.28. The molecule has 26 heavy (non-hydrogen) atoms. The smallest absolute Gasteiger partial charge is 0.191 e. The number of hydrogen-bond acceptors (Lipinski definition) is 5. The van der Waals surface area contributed by atoms with Crippen molar-refractivity contribution in [3.05, 3.63) is 0 Å². The Morgan fingerprint density at radius 3 is 2.46 bits per heavy atom. The molecule has 0 radical (unpaired) electrons. The number of piperidine rings is 1. The third kappa shape index (κ3) is 7.02. The molecule has 0 aromatic carbocycles. The number of ether oxygens (including phenoxy) is 2. The van der Waals surface area contributed by atoms with Crippen LogP contribution < -0.4 is 10.6 Å². The van der Waals surface area contributed by atoms with E-state index in [0.29, 0.717) is 0 Å². The zero-order valence-corrected chi connectivity index (χ0v) is 17.2. The van der Waals surface area contributed by atoms with Gasteiger partial charge in [-0.25, -0.2) is 0 Å². The average Bonchev–Trinajstić information content (AvgIpc) is 2.68. The van der Waals surface area contributed by atoms with Crippen LogP contribution >= 0.6 is 0 Å². The molecule has 0 unspecified atom stereocenters. The van der Waals surface area contributed by atoms with Crippen LogP contribution in [-0.4, -0.2) is 101 Å². The van der Waals surface area contributed by atoms with E-state index in [1.54, 1.807) is 7.11 Å². The molecule has 0 aromatic rings. The predicted octanol–water partition coefficient (Wildman–Crippen LogP) is 0.621. The molecule has 2 fully saturated rings. The Kier molecular flexibility index (Phi) is 9.11. The van der Waals surface area contributed by atoms with Crippen LogP contribution in [0.1, 0.15) is 26.7 Å². The Bertz CT molecular complexity index is 416. The van der Waals surface area contributed by atoms with E-state index in [9.17, 15) is 0 Å². The van der Waals surface area contributed by atoms with Gasteiger partial charge in [0.15, 0.2) is 5.96 Å². The fourth-order valence-corrected chi connectivity index (χ4v) is 3.68. The lowest BCUT2D eigenvalue weighted by Gasteiger charge is -2.41. The highest BCUT2D eigenvalue weighted by molar-refractivity contribution is 5.79. The van der Waals surface area contributed by atoms with Crippen LogP contribution in [-0.2, 0) is 9.47 Å². The van der Waals surface area contributed by atoms with Gasteiger partial charge < -0.3 is 25.0 Å². The van der Waals surface area contributed by atoms with Gasteiger partial charge in [-0.2, -0.15) is 0 Å². The Morgan fingerprint density at radius 2 is 1.85 bits per heavy atom. The first kappa shape index (κ1) is 21.4. The summed E-state index contributed by atoms with van der Waals surface area (Å²) in [6.07, 6.45) is 2.49. The zero-order valence-electron chi connectivity index (χ0n) is 17.2. The molecule has 0 spiro atoms. The van der Waals surface area contributed by atoms with Crippen molar-refractivity contribution < 1.29 is 9.47 Å². The Morgan fingerprint density at radius 1 is 1.15 bits per heavy atom. The number of rotatable bonds is 8. The van der Waals surface area contributed by atoms with Crippen LogP contribution in [0, 0.1) is 5.92 Å². The van der Waals surface area contributed by atoms with E-state index < -0.39 is 0 Å². The molecule has 0 aliphatic carbocycles. The van der Waals surface area contributed by atoms with E-state index in [1.807, 2.05) is 7.05 Å². The van der Waals surface area contributed by atoms with Crippen molar-refractivity contribution in [3.63, 3.8) is 0 Å². The molecular weight excluding hydrogens is 330 g/mol. The summed E-state index contributed by atoms with van der Waals surface area (Å²) in [5.41, 5.74) is 0.0914. The summed E-state index contributed by atoms with van der Waals surface area (Å²) in [4.78, 5) is 9.39. The Labute approximate surface area is 159 Å². The maximum atomic E-state index is 5.47. The molecule has 2 heterocycles. The number of nitrogens with one attached hydrogen (secondary N) is 2. The molecule has 2 saturated heterocycles. The van der Waals surface area contributed by atoms with E-state index in [1.165, 1.54) is 25.9 Å². The van der Waals surface area contributed by atoms with E-state index in [0.717, 1.165) is 64.4 Å². The third-order valence-corrected chi connectivity index (χ3v) is 5.66. The number of nitrogens with zero attached hydrogens (tertiary/aromatic N) is 3. The third-order valence-electron chi connectivity index (χ3n) is 5.66. The summed E-state index contributed by atoms with van der Waals surface area (Å²) in [5.74, 6) is 1.63. The van der Waals surface area contributed by atoms with Crippen molar-refractivity contribution >= 4 is 5.96 Å². The number of aliphatic imine (C=N–C) groups is 1. The molecule has 152 valence electrons. The second kappa shape index (κ2) is 11.1. The van der Waals surface area contributed by atoms with Gasteiger partial charge in [0.05, 0.1) is 19.8 Å². The average molecular weight is 370 g/mol. The van der Waals surface area contributed by atoms with Gasteiger partial charge in [0, 0.05) is 52.4 Å². The van der Waals surface area contributed by atoms with E-state index in [2.05, 4.69) is 39.3 Å². The first-order chi connectivity index (χ1) is 12.5. The molecule has 2 aliphatic rings. The van der Waals surface area contributed by atoms with Gasteiger partial charge in [0.1, 0.15) is 0 Å². The van der Waals surface area contributed by atoms with Gasteiger partial charge in [0.25, 0.3) is 0 Å². The van der Waals surface area contributed by atoms with Crippen LogP contribution in [0.2, 0.25) is 0 Å². The van der Waals surface area contributed by atoms with Crippen molar-refractivity contribution in [3.8, 4) is 0 Å². The van der Waals surface area contributed by atoms with Crippen molar-refractivity contribution in [2.45, 2.75) is 32.2 Å². The second-order valence-electron chi connectivity index (χ2n) is 8.00. The van der Waals surface area contributed by atoms with Gasteiger partial charge in [-0.1, -0.05) is 0 Å². The molecule has 7 nitrogen and oxygen atoms in total. The quantitative estimate of drug-likeness (QED) is 0.483. The number of morpholine rings is 1. The number of hydrogen-bond donors (Lipinski definition) is 2. The molecule has 0 amide bonds. The minimum Gasteiger partial charge on any atom is -0.383 e. The molecule has 0 saturated carbocycles. The maximum absolute atomic E-state index is 5.47. The summed E-state index contributed by atoms with van der Waals surface area (Å²) < 4.78 is 10.6. The molecule has 0 aromatic heterocycles. The largest absolute Gasteiger partial charge is 0.383 e. The highest BCUT2D eigenvalue weighted by atomic mass is 16.5. The van der Waals surface area contributed by atoms with E-state index in [-0.39, 0.29) is 5.54 Å². The number of likely N-dealkylation sites (tertiary alicyclic amines) is 1.